The molecule has 0 radical (unpaired) electrons. The molecular formula is C16H13O5-. The van der Waals surface area contributed by atoms with E-state index in [0.29, 0.717) is 22.1 Å². The third-order valence-electron chi connectivity index (χ3n) is 3.79. The normalized spacial score (nSPS) is 11.4. The zero-order valence-corrected chi connectivity index (χ0v) is 11.9. The second kappa shape index (κ2) is 4.48. The van der Waals surface area contributed by atoms with E-state index in [1.54, 1.807) is 19.3 Å². The first-order valence-electron chi connectivity index (χ1n) is 6.53. The van der Waals surface area contributed by atoms with E-state index in [1.807, 2.05) is 13.8 Å². The number of carboxylic acids is 1. The van der Waals surface area contributed by atoms with E-state index < -0.39 is 18.0 Å². The fourth-order valence-electron chi connectivity index (χ4n) is 2.82. The SMILES string of the molecule is Cc1coc2c1c(C)cc1oc(=O)c(CC(=O)[O-])c(C)c12. The molecule has 0 aliphatic heterocycles. The van der Waals surface area contributed by atoms with Crippen LogP contribution in [0.2, 0.25) is 0 Å². The maximum atomic E-state index is 12.0. The topological polar surface area (TPSA) is 83.5 Å². The molecule has 0 aliphatic carbocycles. The van der Waals surface area contributed by atoms with Crippen molar-refractivity contribution >= 4 is 27.9 Å². The molecule has 2 heterocycles. The van der Waals surface area contributed by atoms with Gasteiger partial charge in [0.05, 0.1) is 11.6 Å². The molecule has 5 heteroatoms. The van der Waals surface area contributed by atoms with Gasteiger partial charge in [0.25, 0.3) is 0 Å². The highest BCUT2D eigenvalue weighted by Gasteiger charge is 2.18. The second-order valence-electron chi connectivity index (χ2n) is 5.23. The van der Waals surface area contributed by atoms with Gasteiger partial charge in [-0.2, -0.15) is 0 Å². The van der Waals surface area contributed by atoms with Gasteiger partial charge in [-0.05, 0) is 43.5 Å². The van der Waals surface area contributed by atoms with E-state index in [9.17, 15) is 14.7 Å². The largest absolute Gasteiger partial charge is 0.550 e. The molecule has 0 unspecified atom stereocenters. The Morgan fingerprint density at radius 3 is 2.57 bits per heavy atom. The fraction of sp³-hybridized carbons (Fsp3) is 0.250. The molecular weight excluding hydrogens is 272 g/mol. The molecule has 0 spiro atoms. The predicted octanol–water partition coefficient (Wildman–Crippen LogP) is 1.76. The number of aliphatic carboxylic acids is 1. The molecule has 0 amide bonds. The predicted molar refractivity (Wildman–Crippen MR) is 75.2 cm³/mol. The standard InChI is InChI=1S/C16H14O5/c1-7-4-11-14(15-13(7)8(2)6-20-15)9(3)10(5-12(17)18)16(19)21-11/h4,6H,5H2,1-3H3,(H,17,18)/p-1. The van der Waals surface area contributed by atoms with Crippen molar-refractivity contribution in [2.45, 2.75) is 27.2 Å². The monoisotopic (exact) mass is 285 g/mol. The first-order valence-corrected chi connectivity index (χ1v) is 6.53. The van der Waals surface area contributed by atoms with Crippen LogP contribution < -0.4 is 10.7 Å². The lowest BCUT2D eigenvalue weighted by Crippen LogP contribution is -2.27. The summed E-state index contributed by atoms with van der Waals surface area (Å²) in [5, 5.41) is 12.4. The van der Waals surface area contributed by atoms with Crippen LogP contribution in [0.3, 0.4) is 0 Å². The van der Waals surface area contributed by atoms with Crippen LogP contribution in [0.25, 0.3) is 21.9 Å². The van der Waals surface area contributed by atoms with Crippen LogP contribution in [0.4, 0.5) is 0 Å². The Hall–Kier alpha value is -2.56. The molecule has 108 valence electrons. The average Bonchev–Trinajstić information content (AvgIpc) is 2.76. The Bertz CT molecular complexity index is 943. The highest BCUT2D eigenvalue weighted by Crippen LogP contribution is 2.34. The lowest BCUT2D eigenvalue weighted by atomic mass is 9.99. The van der Waals surface area contributed by atoms with E-state index in [0.717, 1.165) is 16.5 Å². The van der Waals surface area contributed by atoms with Crippen LogP contribution >= 0.6 is 0 Å². The summed E-state index contributed by atoms with van der Waals surface area (Å²) in [5.74, 6) is -1.32. The molecule has 0 fully saturated rings. The molecule has 0 N–H and O–H groups in total. The number of aryl methyl sites for hydroxylation is 3. The van der Waals surface area contributed by atoms with Gasteiger partial charge >= 0.3 is 5.63 Å². The number of carboxylic acid groups (broad SMARTS) is 1. The number of fused-ring (bicyclic) bond motifs is 3. The van der Waals surface area contributed by atoms with Gasteiger partial charge in [-0.15, -0.1) is 0 Å². The van der Waals surface area contributed by atoms with Crippen molar-refractivity contribution in [2.24, 2.45) is 0 Å². The second-order valence-corrected chi connectivity index (χ2v) is 5.23. The van der Waals surface area contributed by atoms with Gasteiger partial charge in [-0.25, -0.2) is 4.79 Å². The highest BCUT2D eigenvalue weighted by molar-refractivity contribution is 6.06. The van der Waals surface area contributed by atoms with Gasteiger partial charge in [0.2, 0.25) is 0 Å². The summed E-state index contributed by atoms with van der Waals surface area (Å²) in [4.78, 5) is 22.8. The van der Waals surface area contributed by atoms with E-state index >= 15 is 0 Å². The zero-order valence-electron chi connectivity index (χ0n) is 11.9. The summed E-state index contributed by atoms with van der Waals surface area (Å²) in [6.45, 7) is 5.54. The molecule has 21 heavy (non-hydrogen) atoms. The summed E-state index contributed by atoms with van der Waals surface area (Å²) < 4.78 is 10.9. The average molecular weight is 285 g/mol. The third-order valence-corrected chi connectivity index (χ3v) is 3.79. The Balaban J connectivity index is 2.51. The molecule has 0 saturated carbocycles. The minimum absolute atomic E-state index is 0.0988. The van der Waals surface area contributed by atoms with Gasteiger partial charge in [0, 0.05) is 23.3 Å². The summed E-state index contributed by atoms with van der Waals surface area (Å²) in [6.07, 6.45) is 1.17. The molecule has 3 aromatic rings. The summed E-state index contributed by atoms with van der Waals surface area (Å²) >= 11 is 0. The number of furan rings is 1. The van der Waals surface area contributed by atoms with E-state index in [2.05, 4.69) is 0 Å². The van der Waals surface area contributed by atoms with Crippen LogP contribution in [0.15, 0.2) is 26.0 Å². The number of rotatable bonds is 2. The number of carbonyl (C=O) groups excluding carboxylic acids is 1. The van der Waals surface area contributed by atoms with Crippen molar-refractivity contribution < 1.29 is 18.7 Å². The smallest absolute Gasteiger partial charge is 0.340 e. The minimum atomic E-state index is -1.32. The van der Waals surface area contributed by atoms with Gasteiger partial charge < -0.3 is 18.7 Å². The molecule has 0 aliphatic rings. The Kier molecular flexibility index (Phi) is 2.86. The number of carbonyl (C=O) groups is 1. The van der Waals surface area contributed by atoms with E-state index in [4.69, 9.17) is 8.83 Å². The molecule has 0 bridgehead atoms. The van der Waals surface area contributed by atoms with Crippen molar-refractivity contribution in [1.82, 2.24) is 0 Å². The lowest BCUT2D eigenvalue weighted by molar-refractivity contribution is -0.304. The Morgan fingerprint density at radius 2 is 1.90 bits per heavy atom. The highest BCUT2D eigenvalue weighted by atomic mass is 16.4. The molecule has 0 saturated heterocycles. The Morgan fingerprint density at radius 1 is 1.19 bits per heavy atom. The van der Waals surface area contributed by atoms with Crippen LogP contribution in [-0.2, 0) is 11.2 Å². The quantitative estimate of drug-likeness (QED) is 0.670. The maximum absolute atomic E-state index is 12.0. The minimum Gasteiger partial charge on any atom is -0.550 e. The van der Waals surface area contributed by atoms with Crippen molar-refractivity contribution in [3.8, 4) is 0 Å². The van der Waals surface area contributed by atoms with Gasteiger partial charge in [0.1, 0.15) is 11.2 Å². The molecule has 3 rings (SSSR count). The van der Waals surface area contributed by atoms with Gasteiger partial charge in [-0.1, -0.05) is 0 Å². The zero-order chi connectivity index (χ0) is 15.3. The molecule has 1 aromatic carbocycles. The van der Waals surface area contributed by atoms with E-state index in [-0.39, 0.29) is 5.56 Å². The summed E-state index contributed by atoms with van der Waals surface area (Å²) in [6, 6.07) is 1.78. The fourth-order valence-corrected chi connectivity index (χ4v) is 2.82. The maximum Gasteiger partial charge on any atom is 0.340 e. The first-order chi connectivity index (χ1) is 9.90. The van der Waals surface area contributed by atoms with Crippen molar-refractivity contribution in [3.63, 3.8) is 0 Å². The number of benzene rings is 1. The van der Waals surface area contributed by atoms with Crippen molar-refractivity contribution in [3.05, 3.63) is 45.0 Å². The van der Waals surface area contributed by atoms with Crippen molar-refractivity contribution in [1.29, 1.82) is 0 Å². The number of hydrogen-bond acceptors (Lipinski definition) is 5. The lowest BCUT2D eigenvalue weighted by Gasteiger charge is -2.09. The molecule has 0 atom stereocenters. The Labute approximate surface area is 119 Å². The summed E-state index contributed by atoms with van der Waals surface area (Å²) in [5.41, 5.74) is 2.95. The van der Waals surface area contributed by atoms with Gasteiger partial charge in [-0.3, -0.25) is 0 Å². The first kappa shape index (κ1) is 13.4. The molecule has 2 aromatic heterocycles. The van der Waals surface area contributed by atoms with E-state index in [1.165, 1.54) is 0 Å². The van der Waals surface area contributed by atoms with Crippen molar-refractivity contribution in [2.75, 3.05) is 0 Å². The number of hydrogen-bond donors (Lipinski definition) is 0. The van der Waals surface area contributed by atoms with Crippen LogP contribution in [-0.4, -0.2) is 5.97 Å². The third kappa shape index (κ3) is 1.93. The summed E-state index contributed by atoms with van der Waals surface area (Å²) in [7, 11) is 0. The van der Waals surface area contributed by atoms with Crippen LogP contribution in [0, 0.1) is 20.8 Å². The molecule has 5 nitrogen and oxygen atoms in total. The van der Waals surface area contributed by atoms with Crippen LogP contribution in [0.5, 0.6) is 0 Å². The van der Waals surface area contributed by atoms with Crippen LogP contribution in [0.1, 0.15) is 22.3 Å². The van der Waals surface area contributed by atoms with Gasteiger partial charge in [0.15, 0.2) is 0 Å².